The fourth-order valence-corrected chi connectivity index (χ4v) is 3.97. The van der Waals surface area contributed by atoms with Gasteiger partial charge in [-0.05, 0) is 50.9 Å². The summed E-state index contributed by atoms with van der Waals surface area (Å²) in [7, 11) is 2.07. The van der Waals surface area contributed by atoms with Crippen LogP contribution >= 0.6 is 0 Å². The molecular formula is C20H27F2N3O3. The molecule has 1 aromatic carbocycles. The van der Waals surface area contributed by atoms with Gasteiger partial charge in [-0.25, -0.2) is 0 Å². The van der Waals surface area contributed by atoms with E-state index < -0.39 is 6.61 Å². The van der Waals surface area contributed by atoms with Gasteiger partial charge in [0.2, 0.25) is 5.91 Å². The second-order valence-corrected chi connectivity index (χ2v) is 7.63. The minimum atomic E-state index is -3.00. The number of alkyl halides is 2. The third-order valence-corrected chi connectivity index (χ3v) is 5.47. The van der Waals surface area contributed by atoms with E-state index in [0.29, 0.717) is 25.4 Å². The fraction of sp³-hybridized carbons (Fsp3) is 0.600. The standard InChI is InChI=1S/C20H27F2N3O3/c1-24-10-8-14(12-24)11-23-18(26)15-5-4-9-25(13-15)19(27)16-6-2-3-7-17(16)28-20(21)22/h2-3,6-7,14-15,20H,4-5,8-13H2,1H3,(H,23,26). The van der Waals surface area contributed by atoms with E-state index in [-0.39, 0.29) is 35.6 Å². The lowest BCUT2D eigenvalue weighted by Gasteiger charge is -2.32. The molecule has 2 heterocycles. The lowest BCUT2D eigenvalue weighted by molar-refractivity contribution is -0.126. The van der Waals surface area contributed by atoms with Gasteiger partial charge in [0.1, 0.15) is 5.75 Å². The number of piperidine rings is 1. The van der Waals surface area contributed by atoms with Gasteiger partial charge in [0.05, 0.1) is 11.5 Å². The number of nitrogens with zero attached hydrogens (tertiary/aromatic N) is 2. The average Bonchev–Trinajstić information content (AvgIpc) is 3.11. The number of halogens is 2. The quantitative estimate of drug-likeness (QED) is 0.802. The van der Waals surface area contributed by atoms with Crippen LogP contribution in [0.2, 0.25) is 0 Å². The van der Waals surface area contributed by atoms with Crippen molar-refractivity contribution in [1.82, 2.24) is 15.1 Å². The smallest absolute Gasteiger partial charge is 0.387 e. The minimum Gasteiger partial charge on any atom is -0.434 e. The van der Waals surface area contributed by atoms with Crippen molar-refractivity contribution in [2.24, 2.45) is 11.8 Å². The molecule has 1 N–H and O–H groups in total. The van der Waals surface area contributed by atoms with Crippen molar-refractivity contribution in [2.45, 2.75) is 25.9 Å². The normalized spacial score (nSPS) is 23.1. The molecule has 0 radical (unpaired) electrons. The molecule has 2 aliphatic heterocycles. The number of rotatable bonds is 6. The molecule has 0 aromatic heterocycles. The number of hydrogen-bond acceptors (Lipinski definition) is 4. The summed E-state index contributed by atoms with van der Waals surface area (Å²) < 4.78 is 29.7. The largest absolute Gasteiger partial charge is 0.434 e. The Balaban J connectivity index is 1.58. The van der Waals surface area contributed by atoms with E-state index in [2.05, 4.69) is 22.0 Å². The maximum absolute atomic E-state index is 12.8. The third-order valence-electron chi connectivity index (χ3n) is 5.47. The first-order chi connectivity index (χ1) is 13.4. The molecule has 0 spiro atoms. The van der Waals surface area contributed by atoms with Gasteiger partial charge in [0.15, 0.2) is 0 Å². The highest BCUT2D eigenvalue weighted by atomic mass is 19.3. The number of benzene rings is 1. The van der Waals surface area contributed by atoms with Crippen LogP contribution in [0.1, 0.15) is 29.6 Å². The molecule has 2 amide bonds. The zero-order valence-electron chi connectivity index (χ0n) is 16.1. The van der Waals surface area contributed by atoms with Crippen LogP contribution in [0.3, 0.4) is 0 Å². The summed E-state index contributed by atoms with van der Waals surface area (Å²) in [6, 6.07) is 5.98. The highest BCUT2D eigenvalue weighted by Crippen LogP contribution is 2.25. The minimum absolute atomic E-state index is 0.0378. The van der Waals surface area contributed by atoms with Gasteiger partial charge in [-0.2, -0.15) is 8.78 Å². The van der Waals surface area contributed by atoms with Gasteiger partial charge in [-0.3, -0.25) is 9.59 Å². The van der Waals surface area contributed by atoms with Crippen LogP contribution in [0.25, 0.3) is 0 Å². The number of nitrogens with one attached hydrogen (secondary N) is 1. The molecule has 3 rings (SSSR count). The van der Waals surface area contributed by atoms with Crippen molar-refractivity contribution >= 4 is 11.8 Å². The van der Waals surface area contributed by atoms with Gasteiger partial charge >= 0.3 is 6.61 Å². The summed E-state index contributed by atoms with van der Waals surface area (Å²) >= 11 is 0. The summed E-state index contributed by atoms with van der Waals surface area (Å²) in [5.74, 6) is -0.372. The van der Waals surface area contributed by atoms with Crippen molar-refractivity contribution in [3.63, 3.8) is 0 Å². The van der Waals surface area contributed by atoms with Crippen molar-refractivity contribution in [3.05, 3.63) is 29.8 Å². The SMILES string of the molecule is CN1CCC(CNC(=O)C2CCCN(C(=O)c3ccccc3OC(F)F)C2)C1. The van der Waals surface area contributed by atoms with Gasteiger partial charge < -0.3 is 19.9 Å². The molecular weight excluding hydrogens is 368 g/mol. The number of carbonyl (C=O) groups excluding carboxylic acids is 2. The van der Waals surface area contributed by atoms with Crippen molar-refractivity contribution in [1.29, 1.82) is 0 Å². The van der Waals surface area contributed by atoms with E-state index in [1.165, 1.54) is 12.1 Å². The number of likely N-dealkylation sites (tertiary alicyclic amines) is 2. The summed E-state index contributed by atoms with van der Waals surface area (Å²) in [6.45, 7) is 0.474. The average molecular weight is 395 g/mol. The predicted octanol–water partition coefficient (Wildman–Crippen LogP) is 2.21. The zero-order chi connectivity index (χ0) is 20.1. The number of amides is 2. The molecule has 2 fully saturated rings. The second-order valence-electron chi connectivity index (χ2n) is 7.63. The van der Waals surface area contributed by atoms with E-state index in [1.54, 1.807) is 17.0 Å². The van der Waals surface area contributed by atoms with Crippen LogP contribution < -0.4 is 10.1 Å². The molecule has 154 valence electrons. The van der Waals surface area contributed by atoms with Gasteiger partial charge in [0.25, 0.3) is 5.91 Å². The van der Waals surface area contributed by atoms with E-state index >= 15 is 0 Å². The van der Waals surface area contributed by atoms with E-state index in [9.17, 15) is 18.4 Å². The van der Waals surface area contributed by atoms with Crippen LogP contribution in [0.4, 0.5) is 8.78 Å². The third kappa shape index (κ3) is 5.19. The number of para-hydroxylation sites is 1. The molecule has 0 bridgehead atoms. The fourth-order valence-electron chi connectivity index (χ4n) is 3.97. The lowest BCUT2D eigenvalue weighted by atomic mass is 9.96. The second kappa shape index (κ2) is 9.32. The molecule has 2 aliphatic rings. The molecule has 2 saturated heterocycles. The Morgan fingerprint density at radius 1 is 1.21 bits per heavy atom. The first kappa shape index (κ1) is 20.5. The molecule has 0 saturated carbocycles. The molecule has 2 unspecified atom stereocenters. The Kier molecular flexibility index (Phi) is 6.83. The first-order valence-electron chi connectivity index (χ1n) is 9.73. The zero-order valence-corrected chi connectivity index (χ0v) is 16.1. The van der Waals surface area contributed by atoms with Crippen LogP contribution in [0.5, 0.6) is 5.75 Å². The Morgan fingerprint density at radius 2 is 2.00 bits per heavy atom. The number of hydrogen-bond donors (Lipinski definition) is 1. The summed E-state index contributed by atoms with van der Waals surface area (Å²) in [4.78, 5) is 29.2. The van der Waals surface area contributed by atoms with Crippen molar-refractivity contribution < 1.29 is 23.1 Å². The van der Waals surface area contributed by atoms with Gasteiger partial charge in [-0.15, -0.1) is 0 Å². The van der Waals surface area contributed by atoms with Crippen LogP contribution in [0, 0.1) is 11.8 Å². The molecule has 28 heavy (non-hydrogen) atoms. The maximum Gasteiger partial charge on any atom is 0.387 e. The first-order valence-corrected chi connectivity index (χ1v) is 9.73. The lowest BCUT2D eigenvalue weighted by Crippen LogP contribution is -2.46. The molecule has 8 heteroatoms. The summed E-state index contributed by atoms with van der Waals surface area (Å²) in [6.07, 6.45) is 2.50. The molecule has 6 nitrogen and oxygen atoms in total. The predicted molar refractivity (Wildman–Crippen MR) is 100 cm³/mol. The monoisotopic (exact) mass is 395 g/mol. The molecule has 0 aliphatic carbocycles. The van der Waals surface area contributed by atoms with Crippen LogP contribution in [-0.4, -0.2) is 68.0 Å². The van der Waals surface area contributed by atoms with E-state index in [1.807, 2.05) is 0 Å². The van der Waals surface area contributed by atoms with Crippen molar-refractivity contribution in [2.75, 3.05) is 39.8 Å². The number of carbonyl (C=O) groups is 2. The van der Waals surface area contributed by atoms with Crippen molar-refractivity contribution in [3.8, 4) is 5.75 Å². The summed E-state index contributed by atoms with van der Waals surface area (Å²) in [5, 5.41) is 3.02. The summed E-state index contributed by atoms with van der Waals surface area (Å²) in [5.41, 5.74) is 0.0952. The maximum atomic E-state index is 12.8. The highest BCUT2D eigenvalue weighted by molar-refractivity contribution is 5.97. The topological polar surface area (TPSA) is 61.9 Å². The van der Waals surface area contributed by atoms with E-state index in [0.717, 1.165) is 25.9 Å². The number of ether oxygens (including phenoxy) is 1. The molecule has 1 aromatic rings. The van der Waals surface area contributed by atoms with E-state index in [4.69, 9.17) is 0 Å². The van der Waals surface area contributed by atoms with Gasteiger partial charge in [0, 0.05) is 26.2 Å². The van der Waals surface area contributed by atoms with Gasteiger partial charge in [-0.1, -0.05) is 12.1 Å². The molecule has 2 atom stereocenters. The van der Waals surface area contributed by atoms with Crippen LogP contribution in [-0.2, 0) is 4.79 Å². The Labute approximate surface area is 163 Å². The Morgan fingerprint density at radius 3 is 2.71 bits per heavy atom. The highest BCUT2D eigenvalue weighted by Gasteiger charge is 2.31. The Bertz CT molecular complexity index is 701. The Hall–Kier alpha value is -2.22. The van der Waals surface area contributed by atoms with Crippen LogP contribution in [0.15, 0.2) is 24.3 Å².